The molecule has 2 aromatic carbocycles. The van der Waals surface area contributed by atoms with Crippen LogP contribution < -0.4 is 0 Å². The Hall–Kier alpha value is -1.82. The molecule has 0 heteroatoms. The minimum absolute atomic E-state index is 0.476. The molecule has 0 saturated heterocycles. The number of hydrogen-bond donors (Lipinski definition) is 0. The number of benzene rings is 2. The van der Waals surface area contributed by atoms with E-state index in [2.05, 4.69) is 67.6 Å². The van der Waals surface area contributed by atoms with E-state index in [0.717, 1.165) is 0 Å². The van der Waals surface area contributed by atoms with Gasteiger partial charge in [-0.05, 0) is 23.3 Å². The topological polar surface area (TPSA) is 0 Å². The fourth-order valence-corrected chi connectivity index (χ4v) is 2.35. The molecule has 0 radical (unpaired) electrons. The molecule has 0 spiro atoms. The van der Waals surface area contributed by atoms with Gasteiger partial charge in [-0.2, -0.15) is 0 Å². The van der Waals surface area contributed by atoms with E-state index < -0.39 is 0 Å². The van der Waals surface area contributed by atoms with Crippen LogP contribution in [0.2, 0.25) is 0 Å². The van der Waals surface area contributed by atoms with Crippen LogP contribution in [0.25, 0.3) is 10.8 Å². The Morgan fingerprint density at radius 2 is 1.75 bits per heavy atom. The van der Waals surface area contributed by atoms with Crippen molar-refractivity contribution in [3.05, 3.63) is 71.8 Å². The maximum atomic E-state index is 2.30. The molecule has 0 heterocycles. The molecule has 0 fully saturated rings. The van der Waals surface area contributed by atoms with Crippen LogP contribution in [0.1, 0.15) is 18.4 Å². The molecule has 3 rings (SSSR count). The van der Waals surface area contributed by atoms with E-state index in [9.17, 15) is 0 Å². The van der Waals surface area contributed by atoms with Crippen LogP contribution in [0.15, 0.2) is 66.3 Å². The van der Waals surface area contributed by atoms with Gasteiger partial charge < -0.3 is 0 Å². The third-order valence-corrected chi connectivity index (χ3v) is 3.29. The summed E-state index contributed by atoms with van der Waals surface area (Å²) in [6.07, 6.45) is 6.61. The lowest BCUT2D eigenvalue weighted by Crippen LogP contribution is -1.93. The summed E-state index contributed by atoms with van der Waals surface area (Å²) >= 11 is 0. The average Bonchev–Trinajstić information content (AvgIpc) is 2.75. The molecule has 0 N–H and O–H groups in total. The molecule has 0 bridgehead atoms. The third-order valence-electron chi connectivity index (χ3n) is 3.29. The summed E-state index contributed by atoms with van der Waals surface area (Å²) in [5.74, 6) is 0.476. The van der Waals surface area contributed by atoms with Crippen LogP contribution in [-0.2, 0) is 0 Å². The summed E-state index contributed by atoms with van der Waals surface area (Å²) in [6, 6.07) is 15.3. The van der Waals surface area contributed by atoms with Gasteiger partial charge in [0.25, 0.3) is 0 Å². The minimum Gasteiger partial charge on any atom is -0.0730 e. The highest BCUT2D eigenvalue weighted by molar-refractivity contribution is 5.83. The first-order valence-corrected chi connectivity index (χ1v) is 5.68. The average molecular weight is 206 g/mol. The highest BCUT2D eigenvalue weighted by Crippen LogP contribution is 2.31. The Kier molecular flexibility index (Phi) is 2.14. The summed E-state index contributed by atoms with van der Waals surface area (Å²) in [4.78, 5) is 0. The van der Waals surface area contributed by atoms with Crippen molar-refractivity contribution in [1.29, 1.82) is 0 Å². The summed E-state index contributed by atoms with van der Waals surface area (Å²) < 4.78 is 0. The molecule has 16 heavy (non-hydrogen) atoms. The van der Waals surface area contributed by atoms with Gasteiger partial charge in [-0.3, -0.25) is 0 Å². The number of fused-ring (bicyclic) bond motifs is 1. The van der Waals surface area contributed by atoms with Gasteiger partial charge in [-0.15, -0.1) is 0 Å². The predicted octanol–water partition coefficient (Wildman–Crippen LogP) is 4.44. The summed E-state index contributed by atoms with van der Waals surface area (Å²) in [6.45, 7) is 2.19. The van der Waals surface area contributed by atoms with Crippen molar-refractivity contribution in [2.24, 2.45) is 0 Å². The minimum atomic E-state index is 0.476. The van der Waals surface area contributed by atoms with E-state index in [1.54, 1.807) is 0 Å². The monoisotopic (exact) mass is 206 g/mol. The maximum absolute atomic E-state index is 2.30. The maximum Gasteiger partial charge on any atom is 0.0231 e. The van der Waals surface area contributed by atoms with Gasteiger partial charge in [0.2, 0.25) is 0 Å². The standard InChI is InChI=1S/C16H14/c1-12-5-4-8-16(12)15-10-9-13-6-2-3-7-14(13)11-15/h2-11,16H,1H3. The van der Waals surface area contributed by atoms with Crippen molar-refractivity contribution < 1.29 is 0 Å². The highest BCUT2D eigenvalue weighted by Gasteiger charge is 2.12. The molecule has 1 atom stereocenters. The molecule has 78 valence electrons. The van der Waals surface area contributed by atoms with Gasteiger partial charge in [0.15, 0.2) is 0 Å². The quantitative estimate of drug-likeness (QED) is 0.647. The normalized spacial score (nSPS) is 19.1. The number of allylic oxidation sites excluding steroid dienone is 4. The summed E-state index contributed by atoms with van der Waals surface area (Å²) in [7, 11) is 0. The molecule has 1 aliphatic rings. The van der Waals surface area contributed by atoms with Crippen molar-refractivity contribution in [1.82, 2.24) is 0 Å². The van der Waals surface area contributed by atoms with Gasteiger partial charge in [-0.1, -0.05) is 66.3 Å². The first kappa shape index (κ1) is 9.41. The van der Waals surface area contributed by atoms with Crippen molar-refractivity contribution in [3.63, 3.8) is 0 Å². The Morgan fingerprint density at radius 3 is 2.50 bits per heavy atom. The fourth-order valence-electron chi connectivity index (χ4n) is 2.35. The van der Waals surface area contributed by atoms with E-state index in [1.807, 2.05) is 0 Å². The van der Waals surface area contributed by atoms with E-state index in [-0.39, 0.29) is 0 Å². The van der Waals surface area contributed by atoms with Crippen molar-refractivity contribution in [3.8, 4) is 0 Å². The second kappa shape index (κ2) is 3.64. The zero-order valence-electron chi connectivity index (χ0n) is 9.35. The molecule has 1 unspecified atom stereocenters. The second-order valence-electron chi connectivity index (χ2n) is 4.38. The Bertz CT molecular complexity index is 588. The predicted molar refractivity (Wildman–Crippen MR) is 69.6 cm³/mol. The van der Waals surface area contributed by atoms with Gasteiger partial charge in [-0.25, -0.2) is 0 Å². The van der Waals surface area contributed by atoms with Crippen molar-refractivity contribution in [2.45, 2.75) is 12.8 Å². The summed E-state index contributed by atoms with van der Waals surface area (Å²) in [5.41, 5.74) is 2.82. The van der Waals surface area contributed by atoms with E-state index in [4.69, 9.17) is 0 Å². The summed E-state index contributed by atoms with van der Waals surface area (Å²) in [5, 5.41) is 2.64. The Balaban J connectivity index is 2.12. The van der Waals surface area contributed by atoms with Crippen LogP contribution in [0.4, 0.5) is 0 Å². The van der Waals surface area contributed by atoms with Gasteiger partial charge in [0, 0.05) is 5.92 Å². The van der Waals surface area contributed by atoms with Crippen molar-refractivity contribution >= 4 is 10.8 Å². The van der Waals surface area contributed by atoms with Crippen LogP contribution >= 0.6 is 0 Å². The van der Waals surface area contributed by atoms with Crippen LogP contribution in [-0.4, -0.2) is 0 Å². The Labute approximate surface area is 95.9 Å². The molecular formula is C16H14. The lowest BCUT2D eigenvalue weighted by atomic mass is 9.93. The van der Waals surface area contributed by atoms with Gasteiger partial charge in [0.05, 0.1) is 0 Å². The fraction of sp³-hybridized carbons (Fsp3) is 0.125. The van der Waals surface area contributed by atoms with E-state index in [0.29, 0.717) is 5.92 Å². The Morgan fingerprint density at radius 1 is 0.938 bits per heavy atom. The molecular weight excluding hydrogens is 192 g/mol. The molecule has 0 aromatic heterocycles. The number of hydrogen-bond acceptors (Lipinski definition) is 0. The smallest absolute Gasteiger partial charge is 0.0231 e. The van der Waals surface area contributed by atoms with E-state index in [1.165, 1.54) is 21.9 Å². The van der Waals surface area contributed by atoms with Crippen LogP contribution in [0.5, 0.6) is 0 Å². The first-order chi connectivity index (χ1) is 7.84. The zero-order valence-corrected chi connectivity index (χ0v) is 9.35. The van der Waals surface area contributed by atoms with Crippen LogP contribution in [0.3, 0.4) is 0 Å². The molecule has 2 aromatic rings. The van der Waals surface area contributed by atoms with Crippen LogP contribution in [0, 0.1) is 0 Å². The zero-order chi connectivity index (χ0) is 11.0. The molecule has 0 saturated carbocycles. The molecule has 1 aliphatic carbocycles. The van der Waals surface area contributed by atoms with Crippen molar-refractivity contribution in [2.75, 3.05) is 0 Å². The molecule has 0 amide bonds. The second-order valence-corrected chi connectivity index (χ2v) is 4.38. The van der Waals surface area contributed by atoms with E-state index >= 15 is 0 Å². The highest BCUT2D eigenvalue weighted by atomic mass is 14.2. The van der Waals surface area contributed by atoms with Gasteiger partial charge >= 0.3 is 0 Å². The lowest BCUT2D eigenvalue weighted by Gasteiger charge is -2.11. The SMILES string of the molecule is CC1=CC=CC1c1ccc2ccccc2c1. The van der Waals surface area contributed by atoms with Gasteiger partial charge in [0.1, 0.15) is 0 Å². The third kappa shape index (κ3) is 1.47. The molecule has 0 aliphatic heterocycles. The first-order valence-electron chi connectivity index (χ1n) is 5.68. The number of rotatable bonds is 1. The largest absolute Gasteiger partial charge is 0.0730 e. The molecule has 0 nitrogen and oxygen atoms in total. The lowest BCUT2D eigenvalue weighted by molar-refractivity contribution is 1.02.